The van der Waals surface area contributed by atoms with Gasteiger partial charge in [-0.05, 0) is 102 Å². The number of ether oxygens (including phenoxy) is 1. The minimum Gasteiger partial charge on any atom is -0.476 e. The molecule has 5 amide bonds. The van der Waals surface area contributed by atoms with E-state index in [4.69, 9.17) is 16.3 Å². The zero-order valence-electron chi connectivity index (χ0n) is 30.7. The molecule has 2 aliphatic heterocycles. The second-order valence-corrected chi connectivity index (χ2v) is 15.3. The molecule has 0 spiro atoms. The first-order valence-electron chi connectivity index (χ1n) is 18.1. The Balaban J connectivity index is 1.31. The molecule has 2 N–H and O–H groups in total. The highest BCUT2D eigenvalue weighted by Crippen LogP contribution is 2.40. The third-order valence-electron chi connectivity index (χ3n) is 10.2. The van der Waals surface area contributed by atoms with Gasteiger partial charge >= 0.3 is 12.5 Å². The van der Waals surface area contributed by atoms with Gasteiger partial charge in [0.2, 0.25) is 5.91 Å². The van der Waals surface area contributed by atoms with Crippen molar-refractivity contribution in [1.82, 2.24) is 20.0 Å². The maximum absolute atomic E-state index is 14.4. The first-order valence-corrected chi connectivity index (χ1v) is 18.4. The molecule has 53 heavy (non-hydrogen) atoms. The van der Waals surface area contributed by atoms with Gasteiger partial charge in [0.15, 0.2) is 5.60 Å². The summed E-state index contributed by atoms with van der Waals surface area (Å²) in [7, 11) is 0. The molecule has 5 rings (SSSR count). The monoisotopic (exact) mass is 759 g/mol. The summed E-state index contributed by atoms with van der Waals surface area (Å²) in [5, 5.41) is 13.0. The number of carboxylic acid groups (broad SMARTS) is 1. The van der Waals surface area contributed by atoms with Crippen LogP contribution in [0.25, 0.3) is 0 Å². The van der Waals surface area contributed by atoms with Crippen molar-refractivity contribution in [2.75, 3.05) is 31.1 Å². The van der Waals surface area contributed by atoms with Crippen LogP contribution in [0.5, 0.6) is 5.75 Å². The minimum atomic E-state index is -3.20. The fourth-order valence-corrected chi connectivity index (χ4v) is 7.46. The molecular weight excluding hydrogens is 712 g/mol. The van der Waals surface area contributed by atoms with Gasteiger partial charge in [-0.2, -0.15) is 8.78 Å². The van der Waals surface area contributed by atoms with Crippen molar-refractivity contribution in [3.63, 3.8) is 0 Å². The number of hydrogen-bond acceptors (Lipinski definition) is 6. The van der Waals surface area contributed by atoms with Crippen LogP contribution >= 0.6 is 11.6 Å². The van der Waals surface area contributed by atoms with Crippen molar-refractivity contribution in [3.05, 3.63) is 58.1 Å². The fourth-order valence-electron chi connectivity index (χ4n) is 7.33. The van der Waals surface area contributed by atoms with E-state index in [9.17, 15) is 37.9 Å². The molecule has 1 saturated heterocycles. The molecule has 15 heteroatoms. The van der Waals surface area contributed by atoms with Gasteiger partial charge in [0, 0.05) is 54.9 Å². The Kier molecular flexibility index (Phi) is 12.2. The number of halogens is 3. The Morgan fingerprint density at radius 1 is 1.06 bits per heavy atom. The van der Waals surface area contributed by atoms with Gasteiger partial charge in [-0.3, -0.25) is 19.2 Å². The number of anilines is 1. The predicted molar refractivity (Wildman–Crippen MR) is 195 cm³/mol. The lowest BCUT2D eigenvalue weighted by Crippen LogP contribution is -2.57. The molecule has 12 nitrogen and oxygen atoms in total. The van der Waals surface area contributed by atoms with Gasteiger partial charge in [0.25, 0.3) is 17.7 Å². The van der Waals surface area contributed by atoms with Crippen molar-refractivity contribution >= 4 is 47.0 Å². The summed E-state index contributed by atoms with van der Waals surface area (Å²) in [6.45, 7) is 8.74. The second kappa shape index (κ2) is 16.3. The van der Waals surface area contributed by atoms with Gasteiger partial charge in [0.1, 0.15) is 5.75 Å². The Morgan fingerprint density at radius 3 is 2.32 bits per heavy atom. The molecule has 0 unspecified atom stereocenters. The quantitative estimate of drug-likeness (QED) is 0.274. The maximum atomic E-state index is 14.4. The van der Waals surface area contributed by atoms with Crippen LogP contribution in [0.4, 0.5) is 19.3 Å². The molecule has 3 aliphatic rings. The number of nitrogens with zero attached hydrogens (tertiary/aromatic N) is 4. The van der Waals surface area contributed by atoms with E-state index in [0.29, 0.717) is 42.1 Å². The number of amides is 5. The first-order chi connectivity index (χ1) is 25.0. The third-order valence-corrected chi connectivity index (χ3v) is 10.4. The Labute approximate surface area is 313 Å². The van der Waals surface area contributed by atoms with Crippen molar-refractivity contribution in [3.8, 4) is 5.75 Å². The van der Waals surface area contributed by atoms with Gasteiger partial charge in [-0.15, -0.1) is 0 Å². The third kappa shape index (κ3) is 9.20. The van der Waals surface area contributed by atoms with Gasteiger partial charge in [-0.25, -0.2) is 4.79 Å². The lowest BCUT2D eigenvalue weighted by molar-refractivity contribution is -0.133. The summed E-state index contributed by atoms with van der Waals surface area (Å²) < 4.78 is 31.6. The Morgan fingerprint density at radius 2 is 1.72 bits per heavy atom. The number of hydrogen-bond donors (Lipinski definition) is 2. The summed E-state index contributed by atoms with van der Waals surface area (Å²) in [5.41, 5.74) is 0.681. The number of fused-ring (bicyclic) bond motifs is 1. The number of carbonyl (C=O) groups is 5. The highest BCUT2D eigenvalue weighted by Gasteiger charge is 2.43. The standard InChI is InChI=1S/C38H48ClF2N5O7/c1-22(2)46(35(49)29-20-30-31(18-23(29)3)53-38(4,5)36(50)44(30)17-15-42-34(48)33(40)41)28-13-12-27(45(21-28)37(51)52)14-16-43(26-10-11-26)32(47)19-24-6-8-25(39)9-7-24/h6-9,18,20,22,26-28,33H,10-17,19,21H2,1-5H3,(H,42,48)(H,51,52)/t27-,28-/m1/s1. The van der Waals surface area contributed by atoms with Crippen LogP contribution in [0.2, 0.25) is 5.02 Å². The second-order valence-electron chi connectivity index (χ2n) is 14.8. The van der Waals surface area contributed by atoms with E-state index in [2.05, 4.69) is 5.32 Å². The van der Waals surface area contributed by atoms with Crippen molar-refractivity contribution in [2.45, 2.75) is 109 Å². The first kappa shape index (κ1) is 39.7. The van der Waals surface area contributed by atoms with E-state index < -0.39 is 36.0 Å². The number of benzene rings is 2. The molecule has 0 bridgehead atoms. The van der Waals surface area contributed by atoms with Crippen molar-refractivity contribution < 1.29 is 42.6 Å². The molecule has 2 atom stereocenters. The molecule has 2 aromatic rings. The van der Waals surface area contributed by atoms with E-state index in [-0.39, 0.29) is 67.2 Å². The summed E-state index contributed by atoms with van der Waals surface area (Å²) in [6.07, 6.45) is -0.722. The highest BCUT2D eigenvalue weighted by atomic mass is 35.5. The molecule has 0 aromatic heterocycles. The topological polar surface area (TPSA) is 140 Å². The Bertz CT molecular complexity index is 1720. The Hall–Kier alpha value is -4.46. The fraction of sp³-hybridized carbons (Fsp3) is 0.553. The lowest BCUT2D eigenvalue weighted by atomic mass is 9.93. The van der Waals surface area contributed by atoms with Crippen LogP contribution in [0.15, 0.2) is 36.4 Å². The molecule has 2 heterocycles. The van der Waals surface area contributed by atoms with Crippen LogP contribution in [0.3, 0.4) is 0 Å². The number of alkyl halides is 2. The zero-order valence-corrected chi connectivity index (χ0v) is 31.5. The number of rotatable bonds is 13. The number of nitrogens with one attached hydrogen (secondary N) is 1. The number of likely N-dealkylation sites (tertiary alicyclic amines) is 1. The van der Waals surface area contributed by atoms with Gasteiger partial charge in [-0.1, -0.05) is 23.7 Å². The van der Waals surface area contributed by atoms with E-state index >= 15 is 0 Å². The molecule has 2 aromatic carbocycles. The number of piperidine rings is 1. The average Bonchev–Trinajstić information content (AvgIpc) is 3.93. The summed E-state index contributed by atoms with van der Waals surface area (Å²) in [6, 6.07) is 9.40. The van der Waals surface area contributed by atoms with Crippen LogP contribution < -0.4 is 15.0 Å². The van der Waals surface area contributed by atoms with Crippen molar-refractivity contribution in [2.24, 2.45) is 0 Å². The highest BCUT2D eigenvalue weighted by molar-refractivity contribution is 6.30. The zero-order chi connectivity index (χ0) is 38.8. The van der Waals surface area contributed by atoms with Crippen molar-refractivity contribution in [1.29, 1.82) is 0 Å². The maximum Gasteiger partial charge on any atom is 0.407 e. The number of aryl methyl sites for hydroxylation is 1. The normalized spacial score (nSPS) is 19.5. The van der Waals surface area contributed by atoms with E-state index in [0.717, 1.165) is 18.4 Å². The molecular formula is C38H48ClF2N5O7. The summed E-state index contributed by atoms with van der Waals surface area (Å²) in [5.74, 6) is -1.96. The molecule has 0 radical (unpaired) electrons. The smallest absolute Gasteiger partial charge is 0.407 e. The summed E-state index contributed by atoms with van der Waals surface area (Å²) in [4.78, 5) is 71.6. The largest absolute Gasteiger partial charge is 0.476 e. The molecule has 2 fully saturated rings. The van der Waals surface area contributed by atoms with Crippen LogP contribution in [0, 0.1) is 6.92 Å². The lowest BCUT2D eigenvalue weighted by Gasteiger charge is -2.45. The van der Waals surface area contributed by atoms with E-state index in [1.54, 1.807) is 49.9 Å². The molecule has 1 aliphatic carbocycles. The average molecular weight is 760 g/mol. The van der Waals surface area contributed by atoms with Crippen LogP contribution in [-0.2, 0) is 20.8 Å². The molecule has 288 valence electrons. The van der Waals surface area contributed by atoms with Crippen LogP contribution in [-0.4, -0.2) is 112 Å². The number of carbonyl (C=O) groups excluding carboxylic acids is 4. The van der Waals surface area contributed by atoms with E-state index in [1.165, 1.54) is 9.80 Å². The summed E-state index contributed by atoms with van der Waals surface area (Å²) >= 11 is 6.01. The van der Waals surface area contributed by atoms with Gasteiger partial charge < -0.3 is 34.8 Å². The van der Waals surface area contributed by atoms with Crippen LogP contribution in [0.1, 0.15) is 81.3 Å². The minimum absolute atomic E-state index is 0.00507. The van der Waals surface area contributed by atoms with E-state index in [1.807, 2.05) is 30.9 Å². The molecule has 1 saturated carbocycles. The predicted octanol–water partition coefficient (Wildman–Crippen LogP) is 5.52. The SMILES string of the molecule is Cc1cc2c(cc1C(=O)N(C(C)C)[C@@H]1CC[C@H](CCN(C(=O)Cc3ccc(Cl)cc3)C3CC3)N(C(=O)O)C1)N(CCNC(=O)C(F)F)C(=O)C(C)(C)O2. The van der Waals surface area contributed by atoms with Gasteiger partial charge in [0.05, 0.1) is 18.2 Å².